The Kier molecular flexibility index (Phi) is 6.76. The Morgan fingerprint density at radius 2 is 1.64 bits per heavy atom. The van der Waals surface area contributed by atoms with E-state index >= 15 is 0 Å². The zero-order chi connectivity index (χ0) is 19.5. The molecule has 0 saturated carbocycles. The summed E-state index contributed by atoms with van der Waals surface area (Å²) in [5.74, 6) is -7.99. The number of carbonyl (C=O) groups excluding carboxylic acids is 2. The van der Waals surface area contributed by atoms with E-state index in [2.05, 4.69) is 10.1 Å². The molecular weight excluding hydrogens is 350 g/mol. The topological polar surface area (TPSA) is 165 Å². The number of rotatable bonds is 6. The number of amides is 2. The van der Waals surface area contributed by atoms with Crippen molar-refractivity contribution in [3.05, 3.63) is 0 Å². The molecule has 10 nitrogen and oxygen atoms in total. The average molecular weight is 370 g/mol. The molecule has 0 bridgehead atoms. The van der Waals surface area contributed by atoms with E-state index in [1.807, 2.05) is 5.32 Å². The quantitative estimate of drug-likeness (QED) is 0.292. The smallest absolute Gasteiger partial charge is 0.372 e. The largest absolute Gasteiger partial charge is 0.477 e. The monoisotopic (exact) mass is 370 g/mol. The van der Waals surface area contributed by atoms with Crippen molar-refractivity contribution >= 4 is 17.8 Å². The first-order valence-electron chi connectivity index (χ1n) is 7.21. The number of aliphatic hydroxyl groups is 3. The van der Waals surface area contributed by atoms with E-state index in [0.717, 1.165) is 13.8 Å². The van der Waals surface area contributed by atoms with Gasteiger partial charge in [-0.25, -0.2) is 9.18 Å². The molecular formula is C13H20F2N2O8. The molecule has 1 rings (SSSR count). The van der Waals surface area contributed by atoms with Gasteiger partial charge in [-0.15, -0.1) is 0 Å². The Morgan fingerprint density at radius 1 is 1.16 bits per heavy atom. The van der Waals surface area contributed by atoms with Crippen LogP contribution in [0.25, 0.3) is 0 Å². The fraction of sp³-hybridized carbons (Fsp3) is 0.769. The molecule has 6 N–H and O–H groups in total. The normalized spacial score (nSPS) is 34.7. The molecule has 0 radical (unpaired) electrons. The number of hydrogen-bond donors (Lipinski definition) is 6. The van der Waals surface area contributed by atoms with Gasteiger partial charge in [0, 0.05) is 13.8 Å². The molecule has 1 aliphatic heterocycles. The maximum atomic E-state index is 14.6. The van der Waals surface area contributed by atoms with Gasteiger partial charge in [0.25, 0.3) is 0 Å². The number of carboxylic acids is 1. The highest BCUT2D eigenvalue weighted by molar-refractivity contribution is 5.78. The molecule has 1 saturated heterocycles. The van der Waals surface area contributed by atoms with Crippen LogP contribution in [0, 0.1) is 0 Å². The van der Waals surface area contributed by atoms with Crippen molar-refractivity contribution in [2.75, 3.05) is 6.61 Å². The SMILES string of the molecule is CC(=O)NC1[C@@H](NC(C)=O)C([C@H](O)[C@H](O)CO)O[C@@](F)(C(=O)O)[C@H]1F. The van der Waals surface area contributed by atoms with Crippen LogP contribution in [-0.4, -0.2) is 87.2 Å². The number of hydrogen-bond acceptors (Lipinski definition) is 7. The van der Waals surface area contributed by atoms with Gasteiger partial charge in [0.05, 0.1) is 18.7 Å². The van der Waals surface area contributed by atoms with Crippen molar-refractivity contribution in [2.45, 2.75) is 56.3 Å². The van der Waals surface area contributed by atoms with Gasteiger partial charge in [-0.05, 0) is 0 Å². The van der Waals surface area contributed by atoms with Gasteiger partial charge >= 0.3 is 11.8 Å². The summed E-state index contributed by atoms with van der Waals surface area (Å²) in [5.41, 5.74) is 0. The van der Waals surface area contributed by atoms with E-state index in [9.17, 15) is 33.4 Å². The van der Waals surface area contributed by atoms with Crippen LogP contribution < -0.4 is 10.6 Å². The van der Waals surface area contributed by atoms with E-state index < -0.39 is 66.8 Å². The van der Waals surface area contributed by atoms with Gasteiger partial charge in [0.15, 0.2) is 6.17 Å². The fourth-order valence-electron chi connectivity index (χ4n) is 2.54. The molecule has 0 aliphatic carbocycles. The second kappa shape index (κ2) is 7.99. The third-order valence-corrected chi connectivity index (χ3v) is 3.67. The number of alkyl halides is 2. The van der Waals surface area contributed by atoms with Crippen LogP contribution in [-0.2, 0) is 19.1 Å². The summed E-state index contributed by atoms with van der Waals surface area (Å²) in [6.45, 7) is 0.935. The predicted octanol–water partition coefficient (Wildman–Crippen LogP) is -2.80. The lowest BCUT2D eigenvalue weighted by Crippen LogP contribution is -2.74. The van der Waals surface area contributed by atoms with Crippen LogP contribution in [0.5, 0.6) is 0 Å². The van der Waals surface area contributed by atoms with Crippen molar-refractivity contribution < 1.29 is 48.3 Å². The standard InChI is InChI=1S/C13H20F2N2O8/c1-4(19)16-7-8(17-5(2)20)11(14)13(15,12(23)24)25-10(7)9(22)6(21)3-18/h6-11,18,21-22H,3H2,1-2H3,(H,16,19)(H,17,20)(H,23,24)/t6-,7-,8?,9-,10?,11+,13-/m1/s1. The lowest BCUT2D eigenvalue weighted by atomic mass is 9.86. The summed E-state index contributed by atoms with van der Waals surface area (Å²) in [6, 6.07) is -3.56. The first-order valence-corrected chi connectivity index (χ1v) is 7.21. The summed E-state index contributed by atoms with van der Waals surface area (Å²) < 4.78 is 33.6. The Bertz CT molecular complexity index is 536. The van der Waals surface area contributed by atoms with Gasteiger partial charge < -0.3 is 35.8 Å². The lowest BCUT2D eigenvalue weighted by molar-refractivity contribution is -0.278. The number of aliphatic carboxylic acids is 1. The van der Waals surface area contributed by atoms with Crippen molar-refractivity contribution in [3.8, 4) is 0 Å². The summed E-state index contributed by atoms with van der Waals surface area (Å²) in [7, 11) is 0. The molecule has 0 spiro atoms. The Morgan fingerprint density at radius 3 is 2.04 bits per heavy atom. The molecule has 1 heterocycles. The molecule has 0 aromatic carbocycles. The van der Waals surface area contributed by atoms with Crippen LogP contribution in [0.1, 0.15) is 13.8 Å². The van der Waals surface area contributed by atoms with Gasteiger partial charge in [-0.2, -0.15) is 4.39 Å². The number of nitrogens with one attached hydrogen (secondary N) is 2. The highest BCUT2D eigenvalue weighted by atomic mass is 19.2. The Labute approximate surface area is 140 Å². The molecule has 1 aliphatic rings. The Balaban J connectivity index is 3.38. The van der Waals surface area contributed by atoms with Gasteiger partial charge in [0.1, 0.15) is 18.3 Å². The van der Waals surface area contributed by atoms with Crippen LogP contribution in [0.3, 0.4) is 0 Å². The van der Waals surface area contributed by atoms with Crippen molar-refractivity contribution in [1.82, 2.24) is 10.6 Å². The average Bonchev–Trinajstić information content (AvgIpc) is 2.51. The van der Waals surface area contributed by atoms with Crippen LogP contribution in [0.15, 0.2) is 0 Å². The first-order chi connectivity index (χ1) is 11.5. The third-order valence-electron chi connectivity index (χ3n) is 3.67. The van der Waals surface area contributed by atoms with E-state index in [4.69, 9.17) is 10.2 Å². The van der Waals surface area contributed by atoms with Crippen LogP contribution in [0.4, 0.5) is 8.78 Å². The second-order valence-electron chi connectivity index (χ2n) is 5.63. The van der Waals surface area contributed by atoms with Gasteiger partial charge in [-0.1, -0.05) is 0 Å². The maximum Gasteiger partial charge on any atom is 0.372 e. The molecule has 144 valence electrons. The number of ether oxygens (including phenoxy) is 1. The maximum absolute atomic E-state index is 14.6. The highest BCUT2D eigenvalue weighted by Crippen LogP contribution is 2.35. The molecule has 0 aromatic rings. The second-order valence-corrected chi connectivity index (χ2v) is 5.63. The molecule has 25 heavy (non-hydrogen) atoms. The van der Waals surface area contributed by atoms with E-state index in [0.29, 0.717) is 0 Å². The lowest BCUT2D eigenvalue weighted by Gasteiger charge is -2.47. The number of carboxylic acid groups (broad SMARTS) is 1. The van der Waals surface area contributed by atoms with Crippen molar-refractivity contribution in [3.63, 3.8) is 0 Å². The zero-order valence-electron chi connectivity index (χ0n) is 13.3. The summed E-state index contributed by atoms with van der Waals surface area (Å²) in [6.07, 6.45) is -8.94. The Hall–Kier alpha value is -1.89. The molecule has 7 atom stereocenters. The molecule has 1 fully saturated rings. The fourth-order valence-corrected chi connectivity index (χ4v) is 2.54. The summed E-state index contributed by atoms with van der Waals surface area (Å²) in [5, 5.41) is 41.5. The van der Waals surface area contributed by atoms with E-state index in [1.165, 1.54) is 0 Å². The minimum absolute atomic E-state index is 0.784. The molecule has 2 unspecified atom stereocenters. The van der Waals surface area contributed by atoms with E-state index in [-0.39, 0.29) is 0 Å². The minimum Gasteiger partial charge on any atom is -0.477 e. The highest BCUT2D eigenvalue weighted by Gasteiger charge is 2.63. The van der Waals surface area contributed by atoms with Crippen molar-refractivity contribution in [2.24, 2.45) is 0 Å². The van der Waals surface area contributed by atoms with Crippen LogP contribution >= 0.6 is 0 Å². The molecule has 0 aromatic heterocycles. The summed E-state index contributed by atoms with van der Waals surface area (Å²) >= 11 is 0. The van der Waals surface area contributed by atoms with E-state index in [1.54, 1.807) is 0 Å². The first kappa shape index (κ1) is 21.2. The number of carbonyl (C=O) groups is 3. The van der Waals surface area contributed by atoms with Gasteiger partial charge in [0.2, 0.25) is 11.8 Å². The zero-order valence-corrected chi connectivity index (χ0v) is 13.3. The third kappa shape index (κ3) is 4.39. The molecule has 12 heteroatoms. The summed E-state index contributed by atoms with van der Waals surface area (Å²) in [4.78, 5) is 33.8. The van der Waals surface area contributed by atoms with Crippen LogP contribution in [0.2, 0.25) is 0 Å². The van der Waals surface area contributed by atoms with Gasteiger partial charge in [-0.3, -0.25) is 9.59 Å². The minimum atomic E-state index is -3.97. The number of aliphatic hydroxyl groups excluding tert-OH is 3. The predicted molar refractivity (Wildman–Crippen MR) is 75.6 cm³/mol. The molecule has 2 amide bonds. The number of halogens is 2. The van der Waals surface area contributed by atoms with Crippen molar-refractivity contribution in [1.29, 1.82) is 0 Å².